The third-order valence-electron chi connectivity index (χ3n) is 5.01. The van der Waals surface area contributed by atoms with Gasteiger partial charge in [-0.2, -0.15) is 0 Å². The molecule has 1 saturated heterocycles. The van der Waals surface area contributed by atoms with Crippen LogP contribution in [-0.2, 0) is 0 Å². The number of hydrogen-bond donors (Lipinski definition) is 2. The molecule has 0 spiro atoms. The second-order valence-corrected chi connectivity index (χ2v) is 8.03. The minimum atomic E-state index is -0.123. The minimum Gasteiger partial charge on any atom is -0.396 e. The zero-order chi connectivity index (χ0) is 20.4. The Morgan fingerprint density at radius 2 is 2.00 bits per heavy atom. The Hall–Kier alpha value is -2.12. The van der Waals surface area contributed by atoms with E-state index in [0.29, 0.717) is 28.1 Å². The van der Waals surface area contributed by atoms with Crippen LogP contribution in [0.15, 0.2) is 60.9 Å². The maximum absolute atomic E-state index is 9.37. The Morgan fingerprint density at radius 3 is 2.72 bits per heavy atom. The molecular weight excluding hydrogens is 427 g/mol. The number of nitrogens with zero attached hydrogens (tertiary/aromatic N) is 3. The first-order chi connectivity index (χ1) is 14.1. The van der Waals surface area contributed by atoms with Gasteiger partial charge < -0.3 is 19.9 Å². The molecule has 2 aromatic heterocycles. The SMILES string of the molecule is OCCCN1C(=S)N[C@@H](c2ccccn2)[C@@H]1c1cccn1-c1ccc(Cl)cc1Cl. The summed E-state index contributed by atoms with van der Waals surface area (Å²) in [6.07, 6.45) is 4.38. The number of aliphatic hydroxyl groups excluding tert-OH is 1. The van der Waals surface area contributed by atoms with Gasteiger partial charge in [-0.1, -0.05) is 29.3 Å². The van der Waals surface area contributed by atoms with Gasteiger partial charge in [0.05, 0.1) is 28.5 Å². The lowest BCUT2D eigenvalue weighted by Crippen LogP contribution is -2.31. The van der Waals surface area contributed by atoms with Crippen molar-refractivity contribution in [3.63, 3.8) is 0 Å². The van der Waals surface area contributed by atoms with Gasteiger partial charge in [-0.05, 0) is 61.1 Å². The van der Waals surface area contributed by atoms with E-state index >= 15 is 0 Å². The molecular formula is C21H20Cl2N4OS. The Balaban J connectivity index is 1.81. The van der Waals surface area contributed by atoms with Gasteiger partial charge in [-0.15, -0.1) is 0 Å². The molecule has 0 bridgehead atoms. The quantitative estimate of drug-likeness (QED) is 0.544. The highest BCUT2D eigenvalue weighted by molar-refractivity contribution is 7.80. The second kappa shape index (κ2) is 8.71. The average molecular weight is 447 g/mol. The Labute approximate surface area is 184 Å². The van der Waals surface area contributed by atoms with E-state index in [1.807, 2.05) is 42.6 Å². The number of rotatable bonds is 6. The number of hydrogen-bond acceptors (Lipinski definition) is 3. The van der Waals surface area contributed by atoms with E-state index in [1.165, 1.54) is 0 Å². The molecule has 2 N–H and O–H groups in total. The van der Waals surface area contributed by atoms with Crippen LogP contribution >= 0.6 is 35.4 Å². The predicted molar refractivity (Wildman–Crippen MR) is 120 cm³/mol. The van der Waals surface area contributed by atoms with Gasteiger partial charge in [-0.3, -0.25) is 4.98 Å². The fraction of sp³-hybridized carbons (Fsp3) is 0.238. The van der Waals surface area contributed by atoms with Crippen LogP contribution in [0.25, 0.3) is 5.69 Å². The molecule has 0 saturated carbocycles. The van der Waals surface area contributed by atoms with E-state index in [-0.39, 0.29) is 18.7 Å². The van der Waals surface area contributed by atoms with Gasteiger partial charge in [-0.25, -0.2) is 0 Å². The summed E-state index contributed by atoms with van der Waals surface area (Å²) in [5.41, 5.74) is 2.77. The number of benzene rings is 1. The highest BCUT2D eigenvalue weighted by Gasteiger charge is 2.41. The van der Waals surface area contributed by atoms with E-state index < -0.39 is 0 Å². The molecule has 0 radical (unpaired) electrons. The van der Waals surface area contributed by atoms with Crippen LogP contribution in [0.4, 0.5) is 0 Å². The molecule has 1 aliphatic heterocycles. The summed E-state index contributed by atoms with van der Waals surface area (Å²) in [5, 5.41) is 14.6. The Morgan fingerprint density at radius 1 is 1.14 bits per heavy atom. The average Bonchev–Trinajstić information content (AvgIpc) is 3.31. The molecule has 1 fully saturated rings. The lowest BCUT2D eigenvalue weighted by Gasteiger charge is -2.29. The molecule has 0 aliphatic carbocycles. The number of nitrogens with one attached hydrogen (secondary N) is 1. The lowest BCUT2D eigenvalue weighted by atomic mass is 10.0. The van der Waals surface area contributed by atoms with Gasteiger partial charge in [0.15, 0.2) is 5.11 Å². The highest BCUT2D eigenvalue weighted by Crippen LogP contribution is 2.40. The standard InChI is InChI=1S/C21H20Cl2N4OS/c22-14-7-8-17(15(23)13-14)26-10-3-6-18(26)20-19(16-5-1-2-9-24-16)25-21(29)27(20)11-4-12-28/h1-3,5-10,13,19-20,28H,4,11-12H2,(H,25,29)/t19-,20-/m0/s1. The van der Waals surface area contributed by atoms with Crippen LogP contribution in [-0.4, -0.2) is 37.8 Å². The third kappa shape index (κ3) is 3.98. The molecule has 3 aromatic rings. The van der Waals surface area contributed by atoms with Crippen molar-refractivity contribution in [2.45, 2.75) is 18.5 Å². The van der Waals surface area contributed by atoms with Crippen LogP contribution in [0.5, 0.6) is 0 Å². The first-order valence-corrected chi connectivity index (χ1v) is 10.5. The molecule has 4 rings (SSSR count). The van der Waals surface area contributed by atoms with Crippen LogP contribution in [0.1, 0.15) is 29.9 Å². The van der Waals surface area contributed by atoms with E-state index in [2.05, 4.69) is 25.8 Å². The minimum absolute atomic E-state index is 0.101. The highest BCUT2D eigenvalue weighted by atomic mass is 35.5. The summed E-state index contributed by atoms with van der Waals surface area (Å²) in [7, 11) is 0. The number of halogens is 2. The number of thiocarbonyl (C=S) groups is 1. The van der Waals surface area contributed by atoms with Gasteiger partial charge >= 0.3 is 0 Å². The summed E-state index contributed by atoms with van der Waals surface area (Å²) in [4.78, 5) is 6.66. The topological polar surface area (TPSA) is 53.3 Å². The van der Waals surface area contributed by atoms with Gasteiger partial charge in [0.1, 0.15) is 0 Å². The number of pyridine rings is 1. The predicted octanol–water partition coefficient (Wildman–Crippen LogP) is 4.53. The molecule has 0 amide bonds. The van der Waals surface area contributed by atoms with Gasteiger partial charge in [0, 0.05) is 36.3 Å². The molecule has 5 nitrogen and oxygen atoms in total. The van der Waals surface area contributed by atoms with Crippen molar-refractivity contribution in [3.05, 3.63) is 82.4 Å². The van der Waals surface area contributed by atoms with Gasteiger partial charge in [0.25, 0.3) is 0 Å². The lowest BCUT2D eigenvalue weighted by molar-refractivity contribution is 0.245. The largest absolute Gasteiger partial charge is 0.396 e. The van der Waals surface area contributed by atoms with Crippen LogP contribution in [0, 0.1) is 0 Å². The van der Waals surface area contributed by atoms with E-state index in [0.717, 1.165) is 17.1 Å². The zero-order valence-electron chi connectivity index (χ0n) is 15.5. The van der Waals surface area contributed by atoms with Crippen LogP contribution in [0.2, 0.25) is 10.0 Å². The van der Waals surface area contributed by atoms with Crippen molar-refractivity contribution in [2.24, 2.45) is 0 Å². The Bertz CT molecular complexity index is 1010. The molecule has 150 valence electrons. The van der Waals surface area contributed by atoms with Crippen LogP contribution in [0.3, 0.4) is 0 Å². The van der Waals surface area contributed by atoms with E-state index in [9.17, 15) is 5.11 Å². The second-order valence-electron chi connectivity index (χ2n) is 6.80. The summed E-state index contributed by atoms with van der Waals surface area (Å²) < 4.78 is 2.06. The maximum Gasteiger partial charge on any atom is 0.170 e. The number of aromatic nitrogens is 2. The molecule has 8 heteroatoms. The van der Waals surface area contributed by atoms with E-state index in [4.69, 9.17) is 35.4 Å². The number of aliphatic hydroxyl groups is 1. The third-order valence-corrected chi connectivity index (χ3v) is 5.90. The fourth-order valence-corrected chi connectivity index (χ4v) is 4.57. The molecule has 3 heterocycles. The fourth-order valence-electron chi connectivity index (χ4n) is 3.74. The summed E-state index contributed by atoms with van der Waals surface area (Å²) in [5.74, 6) is 0. The summed E-state index contributed by atoms with van der Waals surface area (Å²) >= 11 is 18.2. The normalized spacial score (nSPS) is 18.9. The smallest absolute Gasteiger partial charge is 0.170 e. The van der Waals surface area contributed by atoms with Crippen molar-refractivity contribution >= 4 is 40.5 Å². The monoisotopic (exact) mass is 446 g/mol. The maximum atomic E-state index is 9.37. The van der Waals surface area contributed by atoms with Crippen LogP contribution < -0.4 is 5.32 Å². The summed E-state index contributed by atoms with van der Waals surface area (Å²) in [6.45, 7) is 0.736. The first-order valence-electron chi connectivity index (χ1n) is 9.31. The Kier molecular flexibility index (Phi) is 6.06. The van der Waals surface area contributed by atoms with Crippen molar-refractivity contribution in [1.29, 1.82) is 0 Å². The molecule has 2 atom stereocenters. The van der Waals surface area contributed by atoms with Crippen molar-refractivity contribution in [2.75, 3.05) is 13.2 Å². The molecule has 29 heavy (non-hydrogen) atoms. The summed E-state index contributed by atoms with van der Waals surface area (Å²) in [6, 6.07) is 15.1. The molecule has 1 aliphatic rings. The van der Waals surface area contributed by atoms with Crippen molar-refractivity contribution in [1.82, 2.24) is 19.8 Å². The van der Waals surface area contributed by atoms with Crippen molar-refractivity contribution < 1.29 is 5.11 Å². The zero-order valence-corrected chi connectivity index (χ0v) is 17.8. The van der Waals surface area contributed by atoms with E-state index in [1.54, 1.807) is 12.3 Å². The van der Waals surface area contributed by atoms with Crippen molar-refractivity contribution in [3.8, 4) is 5.69 Å². The molecule has 1 aromatic carbocycles. The first kappa shape index (κ1) is 20.2. The van der Waals surface area contributed by atoms with Gasteiger partial charge in [0.2, 0.25) is 0 Å². The molecule has 0 unspecified atom stereocenters.